The third kappa shape index (κ3) is 2.46. The van der Waals surface area contributed by atoms with Crippen LogP contribution < -0.4 is 5.73 Å². The van der Waals surface area contributed by atoms with Gasteiger partial charge in [0.25, 0.3) is 0 Å². The number of nitrogens with zero attached hydrogens (tertiary/aromatic N) is 1. The Morgan fingerprint density at radius 1 is 1.69 bits per heavy atom. The molecule has 0 aromatic carbocycles. The second-order valence-corrected chi connectivity index (χ2v) is 4.57. The van der Waals surface area contributed by atoms with Crippen molar-refractivity contribution in [1.29, 1.82) is 0 Å². The molecule has 3 heteroatoms. The molecule has 0 aromatic heterocycles. The normalized spacial score (nSPS) is 36.2. The van der Waals surface area contributed by atoms with Crippen LogP contribution in [0.3, 0.4) is 0 Å². The first kappa shape index (κ1) is 11.0. The Labute approximate surface area is 85.7 Å². The van der Waals surface area contributed by atoms with Crippen molar-refractivity contribution in [2.75, 3.05) is 26.2 Å². The molecule has 0 spiro atoms. The second-order valence-electron chi connectivity index (χ2n) is 4.31. The molecule has 0 saturated carbocycles. The SMILES string of the molecule is CC1CN(C/C=C/Cl)CC1(C)CN. The summed E-state index contributed by atoms with van der Waals surface area (Å²) in [6.07, 6.45) is 1.98. The van der Waals surface area contributed by atoms with E-state index >= 15 is 0 Å². The van der Waals surface area contributed by atoms with Crippen molar-refractivity contribution in [3.8, 4) is 0 Å². The van der Waals surface area contributed by atoms with E-state index < -0.39 is 0 Å². The predicted molar refractivity (Wildman–Crippen MR) is 57.8 cm³/mol. The highest BCUT2D eigenvalue weighted by Gasteiger charge is 2.38. The van der Waals surface area contributed by atoms with Gasteiger partial charge in [-0.05, 0) is 17.9 Å². The van der Waals surface area contributed by atoms with Gasteiger partial charge >= 0.3 is 0 Å². The Bertz CT molecular complexity index is 193. The first-order valence-electron chi connectivity index (χ1n) is 4.80. The van der Waals surface area contributed by atoms with Gasteiger partial charge in [0.1, 0.15) is 0 Å². The lowest BCUT2D eigenvalue weighted by Crippen LogP contribution is -2.34. The topological polar surface area (TPSA) is 29.3 Å². The van der Waals surface area contributed by atoms with Crippen LogP contribution in [0.5, 0.6) is 0 Å². The standard InChI is InChI=1S/C10H19ClN2/c1-9-6-13(5-3-4-11)8-10(9,2)7-12/h3-4,9H,5-8,12H2,1-2H3/b4-3+. The average Bonchev–Trinajstić information content (AvgIpc) is 2.40. The van der Waals surface area contributed by atoms with Crippen LogP contribution in [0, 0.1) is 11.3 Å². The maximum Gasteiger partial charge on any atom is 0.0175 e. The molecule has 1 fully saturated rings. The minimum absolute atomic E-state index is 0.292. The highest BCUT2D eigenvalue weighted by atomic mass is 35.5. The molecule has 2 nitrogen and oxygen atoms in total. The zero-order chi connectivity index (χ0) is 9.90. The molecule has 1 aliphatic heterocycles. The van der Waals surface area contributed by atoms with Gasteiger partial charge in [0.2, 0.25) is 0 Å². The Kier molecular flexibility index (Phi) is 3.77. The molecule has 2 unspecified atom stereocenters. The summed E-state index contributed by atoms with van der Waals surface area (Å²) in [6.45, 7) is 8.48. The molecule has 1 aliphatic rings. The van der Waals surface area contributed by atoms with E-state index in [2.05, 4.69) is 18.7 Å². The highest BCUT2D eigenvalue weighted by Crippen LogP contribution is 2.33. The molecule has 0 amide bonds. The van der Waals surface area contributed by atoms with Gasteiger partial charge in [-0.25, -0.2) is 0 Å². The maximum absolute atomic E-state index is 5.78. The molecule has 1 heterocycles. The molecule has 0 bridgehead atoms. The van der Waals surface area contributed by atoms with E-state index in [9.17, 15) is 0 Å². The lowest BCUT2D eigenvalue weighted by molar-refractivity contribution is 0.269. The van der Waals surface area contributed by atoms with E-state index in [0.717, 1.165) is 26.2 Å². The molecule has 2 N–H and O–H groups in total. The quantitative estimate of drug-likeness (QED) is 0.755. The van der Waals surface area contributed by atoms with E-state index in [1.807, 2.05) is 6.08 Å². The average molecular weight is 203 g/mol. The van der Waals surface area contributed by atoms with Gasteiger partial charge in [-0.2, -0.15) is 0 Å². The third-order valence-corrected chi connectivity index (χ3v) is 3.40. The zero-order valence-electron chi connectivity index (χ0n) is 8.46. The minimum Gasteiger partial charge on any atom is -0.330 e. The lowest BCUT2D eigenvalue weighted by Gasteiger charge is -2.26. The van der Waals surface area contributed by atoms with Crippen molar-refractivity contribution in [1.82, 2.24) is 4.90 Å². The molecule has 1 saturated heterocycles. The molecule has 1 rings (SSSR count). The van der Waals surface area contributed by atoms with Crippen molar-refractivity contribution in [3.63, 3.8) is 0 Å². The van der Waals surface area contributed by atoms with Gasteiger partial charge in [-0.1, -0.05) is 31.5 Å². The van der Waals surface area contributed by atoms with Crippen LogP contribution in [-0.4, -0.2) is 31.1 Å². The summed E-state index contributed by atoms with van der Waals surface area (Å²) in [5.74, 6) is 0.682. The summed E-state index contributed by atoms with van der Waals surface area (Å²) in [7, 11) is 0. The van der Waals surface area contributed by atoms with E-state index in [1.54, 1.807) is 5.54 Å². The minimum atomic E-state index is 0.292. The Hall–Kier alpha value is -0.0500. The van der Waals surface area contributed by atoms with E-state index in [1.165, 1.54) is 0 Å². The molecule has 0 aliphatic carbocycles. The molecule has 76 valence electrons. The largest absolute Gasteiger partial charge is 0.330 e. The van der Waals surface area contributed by atoms with Crippen LogP contribution in [0.15, 0.2) is 11.6 Å². The molecule has 2 atom stereocenters. The number of nitrogens with two attached hydrogens (primary N) is 1. The number of likely N-dealkylation sites (tertiary alicyclic amines) is 1. The van der Waals surface area contributed by atoms with Crippen LogP contribution in [0.4, 0.5) is 0 Å². The van der Waals surface area contributed by atoms with Gasteiger partial charge < -0.3 is 5.73 Å². The Morgan fingerprint density at radius 3 is 2.85 bits per heavy atom. The van der Waals surface area contributed by atoms with Crippen LogP contribution in [-0.2, 0) is 0 Å². The van der Waals surface area contributed by atoms with Crippen molar-refractivity contribution < 1.29 is 0 Å². The van der Waals surface area contributed by atoms with Crippen LogP contribution in [0.25, 0.3) is 0 Å². The molecular formula is C10H19ClN2. The number of rotatable bonds is 3. The van der Waals surface area contributed by atoms with Crippen molar-refractivity contribution in [3.05, 3.63) is 11.6 Å². The van der Waals surface area contributed by atoms with Gasteiger partial charge in [-0.3, -0.25) is 4.90 Å². The van der Waals surface area contributed by atoms with Gasteiger partial charge in [0.05, 0.1) is 0 Å². The predicted octanol–water partition coefficient (Wildman–Crippen LogP) is 1.66. The number of halogens is 1. The van der Waals surface area contributed by atoms with Crippen molar-refractivity contribution >= 4 is 11.6 Å². The zero-order valence-corrected chi connectivity index (χ0v) is 9.22. The number of hydrogen-bond acceptors (Lipinski definition) is 2. The first-order valence-corrected chi connectivity index (χ1v) is 5.23. The Balaban J connectivity index is 2.49. The highest BCUT2D eigenvalue weighted by molar-refractivity contribution is 6.25. The van der Waals surface area contributed by atoms with Gasteiger partial charge in [-0.15, -0.1) is 0 Å². The van der Waals surface area contributed by atoms with E-state index in [-0.39, 0.29) is 0 Å². The first-order chi connectivity index (χ1) is 6.12. The smallest absolute Gasteiger partial charge is 0.0175 e. The summed E-state index contributed by atoms with van der Waals surface area (Å²) in [4.78, 5) is 2.40. The van der Waals surface area contributed by atoms with Gasteiger partial charge in [0.15, 0.2) is 0 Å². The molecular weight excluding hydrogens is 184 g/mol. The summed E-state index contributed by atoms with van der Waals surface area (Å²) in [6, 6.07) is 0. The maximum atomic E-state index is 5.78. The van der Waals surface area contributed by atoms with Crippen molar-refractivity contribution in [2.45, 2.75) is 13.8 Å². The molecule has 0 radical (unpaired) electrons. The fraction of sp³-hybridized carbons (Fsp3) is 0.800. The third-order valence-electron chi connectivity index (χ3n) is 3.23. The van der Waals surface area contributed by atoms with E-state index in [0.29, 0.717) is 11.3 Å². The van der Waals surface area contributed by atoms with Crippen LogP contribution in [0.1, 0.15) is 13.8 Å². The van der Waals surface area contributed by atoms with Crippen molar-refractivity contribution in [2.24, 2.45) is 17.1 Å². The number of hydrogen-bond donors (Lipinski definition) is 1. The van der Waals surface area contributed by atoms with Gasteiger partial charge in [0, 0.05) is 25.2 Å². The Morgan fingerprint density at radius 2 is 2.38 bits per heavy atom. The molecule has 0 aromatic rings. The lowest BCUT2D eigenvalue weighted by atomic mass is 9.81. The molecule has 13 heavy (non-hydrogen) atoms. The summed E-state index contributed by atoms with van der Waals surface area (Å²) in [5.41, 5.74) is 7.66. The van der Waals surface area contributed by atoms with E-state index in [4.69, 9.17) is 17.3 Å². The van der Waals surface area contributed by atoms with Crippen LogP contribution >= 0.6 is 11.6 Å². The fourth-order valence-electron chi connectivity index (χ4n) is 1.93. The van der Waals surface area contributed by atoms with Crippen LogP contribution in [0.2, 0.25) is 0 Å². The summed E-state index contributed by atoms with van der Waals surface area (Å²) in [5, 5.41) is 0. The monoisotopic (exact) mass is 202 g/mol. The summed E-state index contributed by atoms with van der Waals surface area (Å²) >= 11 is 5.49. The second kappa shape index (κ2) is 4.45. The summed E-state index contributed by atoms with van der Waals surface area (Å²) < 4.78 is 0. The fourth-order valence-corrected chi connectivity index (χ4v) is 2.01.